The average Bonchev–Trinajstić information content (AvgIpc) is 3.26. The highest BCUT2D eigenvalue weighted by atomic mass is 32.1. The number of hydrogen-bond donors (Lipinski definition) is 1. The van der Waals surface area contributed by atoms with Crippen LogP contribution in [0, 0.1) is 0 Å². The number of thiophene rings is 1. The summed E-state index contributed by atoms with van der Waals surface area (Å²) in [6.45, 7) is 0.575. The van der Waals surface area contributed by atoms with Gasteiger partial charge in [0.15, 0.2) is 5.65 Å². The van der Waals surface area contributed by atoms with Gasteiger partial charge in [-0.15, -0.1) is 11.3 Å². The Labute approximate surface area is 129 Å². The van der Waals surface area contributed by atoms with E-state index < -0.39 is 0 Å². The quantitative estimate of drug-likeness (QED) is 0.630. The van der Waals surface area contributed by atoms with E-state index in [0.717, 1.165) is 29.1 Å². The fraction of sp³-hybridized carbons (Fsp3) is 0.267. The van der Waals surface area contributed by atoms with E-state index in [1.807, 2.05) is 12.1 Å². The minimum absolute atomic E-state index is 0.575. The van der Waals surface area contributed by atoms with Gasteiger partial charge >= 0.3 is 0 Å². The third-order valence-electron chi connectivity index (χ3n) is 4.08. The molecule has 7 heteroatoms. The van der Waals surface area contributed by atoms with Gasteiger partial charge in [-0.25, -0.2) is 9.97 Å². The molecule has 0 atom stereocenters. The standard InChI is InChI=1S/C15H13N5OS/c1-4-10-11(5-1)22-14-12(10)13-17-8-18-20(13)15(19-14)16-7-9-3-2-6-21-9/h2-3,6,8H,1,4-5,7H2,(H,16,19). The van der Waals surface area contributed by atoms with Gasteiger partial charge in [0.1, 0.15) is 16.9 Å². The molecule has 4 aromatic rings. The molecule has 4 aromatic heterocycles. The van der Waals surface area contributed by atoms with Crippen LogP contribution in [0.5, 0.6) is 0 Å². The molecule has 0 spiro atoms. The van der Waals surface area contributed by atoms with Gasteiger partial charge in [-0.1, -0.05) is 0 Å². The molecule has 110 valence electrons. The summed E-state index contributed by atoms with van der Waals surface area (Å²) in [5, 5.41) is 8.80. The van der Waals surface area contributed by atoms with Crippen LogP contribution >= 0.6 is 11.3 Å². The fourth-order valence-corrected chi connectivity index (χ4v) is 4.36. The summed E-state index contributed by atoms with van der Waals surface area (Å²) >= 11 is 1.79. The Morgan fingerprint density at radius 3 is 3.27 bits per heavy atom. The van der Waals surface area contributed by atoms with E-state index in [-0.39, 0.29) is 0 Å². The molecule has 0 saturated heterocycles. The monoisotopic (exact) mass is 311 g/mol. The van der Waals surface area contributed by atoms with Crippen molar-refractivity contribution in [3.8, 4) is 0 Å². The van der Waals surface area contributed by atoms with E-state index in [1.54, 1.807) is 28.4 Å². The first-order valence-corrected chi connectivity index (χ1v) is 8.12. The Hall–Kier alpha value is -2.41. The molecule has 22 heavy (non-hydrogen) atoms. The lowest BCUT2D eigenvalue weighted by atomic mass is 10.2. The number of anilines is 1. The van der Waals surface area contributed by atoms with Crippen molar-refractivity contribution < 1.29 is 4.42 Å². The lowest BCUT2D eigenvalue weighted by Crippen LogP contribution is -2.07. The number of hydrogen-bond acceptors (Lipinski definition) is 6. The zero-order valence-corrected chi connectivity index (χ0v) is 12.6. The maximum absolute atomic E-state index is 5.35. The van der Waals surface area contributed by atoms with Gasteiger partial charge in [-0.2, -0.15) is 9.61 Å². The van der Waals surface area contributed by atoms with Crippen LogP contribution in [0.25, 0.3) is 15.9 Å². The Kier molecular flexibility index (Phi) is 2.51. The van der Waals surface area contributed by atoms with Crippen molar-refractivity contribution in [1.29, 1.82) is 0 Å². The number of aromatic nitrogens is 4. The first kappa shape index (κ1) is 12.2. The molecule has 1 aliphatic rings. The third-order valence-corrected chi connectivity index (χ3v) is 5.27. The summed E-state index contributed by atoms with van der Waals surface area (Å²) in [5.74, 6) is 1.57. The SMILES string of the molecule is c1coc(CNc2nc3sc4c(c3c3ncnn23)CCC4)c1. The molecule has 6 nitrogen and oxygen atoms in total. The highest BCUT2D eigenvalue weighted by Gasteiger charge is 2.22. The van der Waals surface area contributed by atoms with E-state index in [4.69, 9.17) is 9.40 Å². The third kappa shape index (κ3) is 1.69. The lowest BCUT2D eigenvalue weighted by Gasteiger charge is -2.06. The average molecular weight is 311 g/mol. The molecule has 4 heterocycles. The second-order valence-corrected chi connectivity index (χ2v) is 6.48. The molecule has 0 unspecified atom stereocenters. The van der Waals surface area contributed by atoms with Gasteiger partial charge in [0.2, 0.25) is 5.95 Å². The van der Waals surface area contributed by atoms with Crippen molar-refractivity contribution in [3.05, 3.63) is 40.9 Å². The molecule has 0 aromatic carbocycles. The van der Waals surface area contributed by atoms with Gasteiger partial charge in [0.05, 0.1) is 18.2 Å². The van der Waals surface area contributed by atoms with Gasteiger partial charge in [0, 0.05) is 4.88 Å². The van der Waals surface area contributed by atoms with Crippen LogP contribution in [0.4, 0.5) is 5.95 Å². The number of nitrogens with one attached hydrogen (secondary N) is 1. The summed E-state index contributed by atoms with van der Waals surface area (Å²) in [4.78, 5) is 11.7. The Morgan fingerprint density at radius 2 is 2.36 bits per heavy atom. The second kappa shape index (κ2) is 4.54. The molecule has 5 rings (SSSR count). The number of rotatable bonds is 3. The summed E-state index contributed by atoms with van der Waals surface area (Å²) in [6, 6.07) is 3.81. The number of nitrogens with zero attached hydrogens (tertiary/aromatic N) is 4. The van der Waals surface area contributed by atoms with Crippen LogP contribution in [0.2, 0.25) is 0 Å². The molecule has 0 amide bonds. The Morgan fingerprint density at radius 1 is 1.36 bits per heavy atom. The largest absolute Gasteiger partial charge is 0.467 e. The van der Waals surface area contributed by atoms with Crippen LogP contribution in [-0.2, 0) is 19.4 Å². The minimum atomic E-state index is 0.575. The summed E-state index contributed by atoms with van der Waals surface area (Å²) in [6.07, 6.45) is 6.77. The second-order valence-electron chi connectivity index (χ2n) is 5.40. The normalized spacial score (nSPS) is 14.0. The molecule has 0 saturated carbocycles. The lowest BCUT2D eigenvalue weighted by molar-refractivity contribution is 0.517. The maximum Gasteiger partial charge on any atom is 0.227 e. The van der Waals surface area contributed by atoms with Crippen molar-refractivity contribution >= 4 is 33.1 Å². The van der Waals surface area contributed by atoms with Crippen molar-refractivity contribution in [2.24, 2.45) is 0 Å². The van der Waals surface area contributed by atoms with E-state index in [9.17, 15) is 0 Å². The maximum atomic E-state index is 5.35. The topological polar surface area (TPSA) is 68.2 Å². The first-order valence-electron chi connectivity index (χ1n) is 7.30. The van der Waals surface area contributed by atoms with E-state index in [0.29, 0.717) is 12.5 Å². The van der Waals surface area contributed by atoms with Crippen molar-refractivity contribution in [2.45, 2.75) is 25.8 Å². The number of fused-ring (bicyclic) bond motifs is 5. The Bertz CT molecular complexity index is 969. The number of furan rings is 1. The first-order chi connectivity index (χ1) is 10.9. The molecule has 0 bridgehead atoms. The zero-order valence-electron chi connectivity index (χ0n) is 11.7. The van der Waals surface area contributed by atoms with Crippen LogP contribution in [0.3, 0.4) is 0 Å². The van der Waals surface area contributed by atoms with E-state index in [1.165, 1.54) is 22.2 Å². The number of aryl methyl sites for hydroxylation is 2. The van der Waals surface area contributed by atoms with Gasteiger partial charge in [-0.05, 0) is 37.0 Å². The molecule has 0 fully saturated rings. The predicted octanol–water partition coefficient (Wildman–Crippen LogP) is 3.03. The van der Waals surface area contributed by atoms with Gasteiger partial charge < -0.3 is 9.73 Å². The predicted molar refractivity (Wildman–Crippen MR) is 84.2 cm³/mol. The van der Waals surface area contributed by atoms with Crippen molar-refractivity contribution in [1.82, 2.24) is 19.6 Å². The fourth-order valence-electron chi connectivity index (χ4n) is 3.10. The van der Waals surface area contributed by atoms with Crippen molar-refractivity contribution in [3.63, 3.8) is 0 Å². The molecular weight excluding hydrogens is 298 g/mol. The minimum Gasteiger partial charge on any atom is -0.467 e. The van der Waals surface area contributed by atoms with Gasteiger partial charge in [-0.3, -0.25) is 0 Å². The van der Waals surface area contributed by atoms with Crippen LogP contribution in [0.15, 0.2) is 29.1 Å². The highest BCUT2D eigenvalue weighted by molar-refractivity contribution is 7.19. The Balaban J connectivity index is 1.66. The van der Waals surface area contributed by atoms with Crippen LogP contribution in [0.1, 0.15) is 22.6 Å². The molecule has 1 aliphatic carbocycles. The van der Waals surface area contributed by atoms with Crippen molar-refractivity contribution in [2.75, 3.05) is 5.32 Å². The summed E-state index contributed by atoms with van der Waals surface area (Å²) in [5.41, 5.74) is 2.31. The van der Waals surface area contributed by atoms with Crippen LogP contribution in [-0.4, -0.2) is 19.6 Å². The highest BCUT2D eigenvalue weighted by Crippen LogP contribution is 2.38. The van der Waals surface area contributed by atoms with Crippen LogP contribution < -0.4 is 5.32 Å². The molecule has 0 aliphatic heterocycles. The molecular formula is C15H13N5OS. The van der Waals surface area contributed by atoms with E-state index >= 15 is 0 Å². The van der Waals surface area contributed by atoms with E-state index in [2.05, 4.69) is 15.4 Å². The summed E-state index contributed by atoms with van der Waals surface area (Å²) < 4.78 is 7.14. The molecule has 1 N–H and O–H groups in total. The summed E-state index contributed by atoms with van der Waals surface area (Å²) in [7, 11) is 0. The zero-order chi connectivity index (χ0) is 14.5. The smallest absolute Gasteiger partial charge is 0.227 e. The van der Waals surface area contributed by atoms with Gasteiger partial charge in [0.25, 0.3) is 0 Å². The molecule has 0 radical (unpaired) electrons.